The first-order valence-corrected chi connectivity index (χ1v) is 3.59. The minimum atomic E-state index is 1.04. The monoisotopic (exact) mass is 141 g/mol. The predicted octanol–water partition coefficient (Wildman–Crippen LogP) is 0.230. The molecule has 0 aromatic heterocycles. The van der Waals surface area contributed by atoms with Crippen LogP contribution in [0.2, 0.25) is 0 Å². The zero-order chi connectivity index (χ0) is 7.56. The van der Waals surface area contributed by atoms with Crippen molar-refractivity contribution < 1.29 is 0 Å². The molecule has 0 amide bonds. The molecule has 3 heteroatoms. The molecule has 1 rings (SSSR count). The van der Waals surface area contributed by atoms with Crippen LogP contribution in [0, 0.1) is 0 Å². The maximum absolute atomic E-state index is 3.93. The van der Waals surface area contributed by atoms with Crippen molar-refractivity contribution in [1.29, 1.82) is 0 Å². The van der Waals surface area contributed by atoms with Crippen molar-refractivity contribution in [3.8, 4) is 0 Å². The van der Waals surface area contributed by atoms with E-state index in [-0.39, 0.29) is 0 Å². The van der Waals surface area contributed by atoms with Gasteiger partial charge in [0.1, 0.15) is 5.82 Å². The van der Waals surface area contributed by atoms with Gasteiger partial charge in [-0.2, -0.15) is 0 Å². The minimum absolute atomic E-state index is 1.04. The van der Waals surface area contributed by atoms with Gasteiger partial charge < -0.3 is 4.90 Å². The van der Waals surface area contributed by atoms with Crippen molar-refractivity contribution in [2.75, 3.05) is 27.2 Å². The van der Waals surface area contributed by atoms with E-state index in [1.165, 1.54) is 6.42 Å². The van der Waals surface area contributed by atoms with Gasteiger partial charge in [0.25, 0.3) is 0 Å². The fourth-order valence-electron chi connectivity index (χ4n) is 1.04. The molecule has 3 nitrogen and oxygen atoms in total. The van der Waals surface area contributed by atoms with Gasteiger partial charge in [0.15, 0.2) is 0 Å². The molecule has 10 heavy (non-hydrogen) atoms. The second-order valence-electron chi connectivity index (χ2n) is 2.66. The summed E-state index contributed by atoms with van der Waals surface area (Å²) in [5.41, 5.74) is 3.22. The minimum Gasteiger partial charge on any atom is -0.361 e. The van der Waals surface area contributed by atoms with E-state index in [1.54, 1.807) is 0 Å². The Morgan fingerprint density at radius 3 is 2.90 bits per heavy atom. The lowest BCUT2D eigenvalue weighted by Gasteiger charge is -2.25. The van der Waals surface area contributed by atoms with Crippen LogP contribution in [0.3, 0.4) is 0 Å². The molecule has 0 spiro atoms. The van der Waals surface area contributed by atoms with Gasteiger partial charge in [-0.25, -0.2) is 5.43 Å². The van der Waals surface area contributed by atoms with E-state index in [0.717, 1.165) is 18.9 Å². The molecule has 0 unspecified atom stereocenters. The first-order valence-electron chi connectivity index (χ1n) is 3.59. The summed E-state index contributed by atoms with van der Waals surface area (Å²) < 4.78 is 0. The smallest absolute Gasteiger partial charge is 0.110 e. The highest BCUT2D eigenvalue weighted by atomic mass is 15.6. The Labute approximate surface area is 62.3 Å². The average molecular weight is 141 g/mol. The Morgan fingerprint density at radius 2 is 2.20 bits per heavy atom. The Morgan fingerprint density at radius 1 is 1.50 bits per heavy atom. The van der Waals surface area contributed by atoms with Gasteiger partial charge in [-0.05, 0) is 6.42 Å². The number of rotatable bonds is 0. The molecule has 1 aliphatic heterocycles. The molecule has 0 aromatic rings. The highest BCUT2D eigenvalue weighted by Crippen LogP contribution is 2.04. The van der Waals surface area contributed by atoms with E-state index in [0.29, 0.717) is 0 Å². The Kier molecular flexibility index (Phi) is 2.17. The van der Waals surface area contributed by atoms with E-state index < -0.39 is 0 Å². The van der Waals surface area contributed by atoms with Crippen LogP contribution in [0.5, 0.6) is 0 Å². The van der Waals surface area contributed by atoms with Crippen LogP contribution in [0.1, 0.15) is 6.42 Å². The van der Waals surface area contributed by atoms with E-state index in [4.69, 9.17) is 0 Å². The van der Waals surface area contributed by atoms with Crippen LogP contribution in [-0.2, 0) is 0 Å². The summed E-state index contributed by atoms with van der Waals surface area (Å²) in [7, 11) is 4.05. The molecule has 1 saturated heterocycles. The predicted molar refractivity (Wildman–Crippen MR) is 42.2 cm³/mol. The lowest BCUT2D eigenvalue weighted by Crippen LogP contribution is -2.35. The summed E-state index contributed by atoms with van der Waals surface area (Å²) in [6, 6.07) is 0. The van der Waals surface area contributed by atoms with Crippen molar-refractivity contribution in [2.24, 2.45) is 0 Å². The van der Waals surface area contributed by atoms with Crippen molar-refractivity contribution in [3.05, 3.63) is 12.4 Å². The lowest BCUT2D eigenvalue weighted by molar-refractivity contribution is 0.247. The van der Waals surface area contributed by atoms with E-state index >= 15 is 0 Å². The molecule has 0 atom stereocenters. The van der Waals surface area contributed by atoms with Gasteiger partial charge in [-0.1, -0.05) is 6.58 Å². The molecule has 58 valence electrons. The van der Waals surface area contributed by atoms with Crippen LogP contribution >= 0.6 is 0 Å². The first kappa shape index (κ1) is 7.41. The molecule has 1 heterocycles. The summed E-state index contributed by atoms with van der Waals surface area (Å²) in [4.78, 5) is 2.15. The van der Waals surface area contributed by atoms with Crippen LogP contribution in [-0.4, -0.2) is 37.1 Å². The lowest BCUT2D eigenvalue weighted by atomic mass is 10.4. The normalized spacial score (nSPS) is 21.2. The SMILES string of the molecule is C=C1N(C)CCCNN1C. The summed E-state index contributed by atoms with van der Waals surface area (Å²) in [5.74, 6) is 1.04. The zero-order valence-corrected chi connectivity index (χ0v) is 6.72. The Balaban J connectivity index is 2.55. The number of nitrogens with one attached hydrogen (secondary N) is 1. The van der Waals surface area contributed by atoms with Crippen LogP contribution in [0.25, 0.3) is 0 Å². The van der Waals surface area contributed by atoms with Crippen molar-refractivity contribution in [3.63, 3.8) is 0 Å². The highest BCUT2D eigenvalue weighted by Gasteiger charge is 2.09. The summed E-state index contributed by atoms with van der Waals surface area (Å²) in [6.07, 6.45) is 1.18. The molecular formula is C7H15N3. The Bertz CT molecular complexity index is 119. The number of hydrogen-bond acceptors (Lipinski definition) is 3. The van der Waals surface area contributed by atoms with Crippen molar-refractivity contribution >= 4 is 0 Å². The van der Waals surface area contributed by atoms with E-state index in [2.05, 4.69) is 24.0 Å². The van der Waals surface area contributed by atoms with Gasteiger partial charge in [0.2, 0.25) is 0 Å². The molecular weight excluding hydrogens is 126 g/mol. The number of hydrazine groups is 1. The molecule has 0 aliphatic carbocycles. The number of nitrogens with zero attached hydrogens (tertiary/aromatic N) is 2. The largest absolute Gasteiger partial charge is 0.361 e. The fraction of sp³-hybridized carbons (Fsp3) is 0.714. The molecule has 0 radical (unpaired) electrons. The van der Waals surface area contributed by atoms with Crippen LogP contribution < -0.4 is 5.43 Å². The van der Waals surface area contributed by atoms with Gasteiger partial charge >= 0.3 is 0 Å². The fourth-order valence-corrected chi connectivity index (χ4v) is 1.04. The van der Waals surface area contributed by atoms with E-state index in [1.807, 2.05) is 12.1 Å². The second kappa shape index (κ2) is 2.92. The maximum atomic E-state index is 3.93. The molecule has 0 bridgehead atoms. The van der Waals surface area contributed by atoms with Gasteiger partial charge in [-0.3, -0.25) is 5.01 Å². The summed E-state index contributed by atoms with van der Waals surface area (Å²) >= 11 is 0. The molecule has 1 fully saturated rings. The van der Waals surface area contributed by atoms with Crippen molar-refractivity contribution in [2.45, 2.75) is 6.42 Å². The Hall–Kier alpha value is -0.700. The highest BCUT2D eigenvalue weighted by molar-refractivity contribution is 4.90. The molecule has 1 aliphatic rings. The van der Waals surface area contributed by atoms with Crippen molar-refractivity contribution in [1.82, 2.24) is 15.3 Å². The molecule has 0 saturated carbocycles. The molecule has 1 N–H and O–H groups in total. The maximum Gasteiger partial charge on any atom is 0.110 e. The van der Waals surface area contributed by atoms with E-state index in [9.17, 15) is 0 Å². The van der Waals surface area contributed by atoms with Gasteiger partial charge in [0, 0.05) is 27.2 Å². The standard InChI is InChI=1S/C7H15N3/c1-7-9(2)6-4-5-8-10(7)3/h8H,1,4-6H2,2-3H3. The third-order valence-electron chi connectivity index (χ3n) is 1.85. The second-order valence-corrected chi connectivity index (χ2v) is 2.66. The van der Waals surface area contributed by atoms with Crippen LogP contribution in [0.4, 0.5) is 0 Å². The third-order valence-corrected chi connectivity index (χ3v) is 1.85. The summed E-state index contributed by atoms with van der Waals surface area (Å²) in [5, 5.41) is 1.97. The first-order chi connectivity index (χ1) is 4.72. The van der Waals surface area contributed by atoms with Crippen LogP contribution in [0.15, 0.2) is 12.4 Å². The van der Waals surface area contributed by atoms with Gasteiger partial charge in [0.05, 0.1) is 0 Å². The van der Waals surface area contributed by atoms with Gasteiger partial charge in [-0.15, -0.1) is 0 Å². The molecule has 0 aromatic carbocycles. The summed E-state index contributed by atoms with van der Waals surface area (Å²) in [6.45, 7) is 6.06. The average Bonchev–Trinajstić information content (AvgIpc) is 2.04. The zero-order valence-electron chi connectivity index (χ0n) is 6.72. The quantitative estimate of drug-likeness (QED) is 0.521. The number of hydrogen-bond donors (Lipinski definition) is 1. The topological polar surface area (TPSA) is 18.5 Å². The third kappa shape index (κ3) is 1.42.